The fourth-order valence-electron chi connectivity index (χ4n) is 2.77. The van der Waals surface area contributed by atoms with Crippen molar-refractivity contribution in [3.8, 4) is 0 Å². The first-order chi connectivity index (χ1) is 8.17. The van der Waals surface area contributed by atoms with Crippen molar-refractivity contribution >= 4 is 11.2 Å². The molecule has 2 N–H and O–H groups in total. The van der Waals surface area contributed by atoms with Gasteiger partial charge in [0.25, 0.3) is 0 Å². The molecule has 2 heterocycles. The van der Waals surface area contributed by atoms with E-state index in [0.29, 0.717) is 17.5 Å². The molecule has 1 aliphatic rings. The van der Waals surface area contributed by atoms with Crippen LogP contribution in [0.25, 0.3) is 11.2 Å². The molecule has 90 valence electrons. The fraction of sp³-hybridized carbons (Fsp3) is 0.538. The van der Waals surface area contributed by atoms with Crippen LogP contribution in [-0.4, -0.2) is 9.97 Å². The lowest BCUT2D eigenvalue weighted by molar-refractivity contribution is 0.201. The van der Waals surface area contributed by atoms with Crippen molar-refractivity contribution < 1.29 is 4.42 Å². The minimum Gasteiger partial charge on any atom is -0.437 e. The molecule has 1 saturated carbocycles. The van der Waals surface area contributed by atoms with E-state index in [0.717, 1.165) is 24.8 Å². The standard InChI is InChI=1S/C13H17N3O/c1-9-4-2-6-13(14,8-9)12-16-11-10(17-12)5-3-7-15-11/h3,5,7,9H,2,4,6,8,14H2,1H3. The Balaban J connectivity index is 2.02. The lowest BCUT2D eigenvalue weighted by Crippen LogP contribution is -2.41. The summed E-state index contributed by atoms with van der Waals surface area (Å²) in [5.41, 5.74) is 7.43. The van der Waals surface area contributed by atoms with Gasteiger partial charge in [-0.15, -0.1) is 0 Å². The first-order valence-corrected chi connectivity index (χ1v) is 6.18. The highest BCUT2D eigenvalue weighted by molar-refractivity contribution is 5.67. The summed E-state index contributed by atoms with van der Waals surface area (Å²) in [6.45, 7) is 2.24. The highest BCUT2D eigenvalue weighted by atomic mass is 16.4. The number of pyridine rings is 1. The first-order valence-electron chi connectivity index (χ1n) is 6.18. The Hall–Kier alpha value is -1.42. The number of nitrogens with two attached hydrogens (primary N) is 1. The average Bonchev–Trinajstić information content (AvgIpc) is 2.73. The molecule has 2 aromatic rings. The van der Waals surface area contributed by atoms with Crippen LogP contribution in [0, 0.1) is 5.92 Å². The summed E-state index contributed by atoms with van der Waals surface area (Å²) in [5, 5.41) is 0. The smallest absolute Gasteiger partial charge is 0.217 e. The highest BCUT2D eigenvalue weighted by Gasteiger charge is 2.37. The van der Waals surface area contributed by atoms with Crippen LogP contribution in [0.5, 0.6) is 0 Å². The zero-order valence-electron chi connectivity index (χ0n) is 10.0. The SMILES string of the molecule is CC1CCCC(N)(c2nc3ncccc3o2)C1. The topological polar surface area (TPSA) is 64.9 Å². The van der Waals surface area contributed by atoms with Crippen molar-refractivity contribution in [3.05, 3.63) is 24.2 Å². The minimum absolute atomic E-state index is 0.404. The predicted octanol–water partition coefficient (Wildman–Crippen LogP) is 2.59. The minimum atomic E-state index is -0.404. The van der Waals surface area contributed by atoms with Gasteiger partial charge >= 0.3 is 0 Å². The van der Waals surface area contributed by atoms with Crippen molar-refractivity contribution in [1.82, 2.24) is 9.97 Å². The molecule has 0 bridgehead atoms. The van der Waals surface area contributed by atoms with Gasteiger partial charge in [-0.1, -0.05) is 19.8 Å². The van der Waals surface area contributed by atoms with Gasteiger partial charge in [0.05, 0.1) is 5.54 Å². The molecule has 0 radical (unpaired) electrons. The fourth-order valence-corrected chi connectivity index (χ4v) is 2.77. The van der Waals surface area contributed by atoms with Crippen LogP contribution in [0.3, 0.4) is 0 Å². The molecule has 2 unspecified atom stereocenters. The van der Waals surface area contributed by atoms with E-state index in [-0.39, 0.29) is 0 Å². The Morgan fingerprint density at radius 1 is 1.53 bits per heavy atom. The summed E-state index contributed by atoms with van der Waals surface area (Å²) in [5.74, 6) is 1.29. The third kappa shape index (κ3) is 1.82. The maximum atomic E-state index is 6.45. The van der Waals surface area contributed by atoms with Crippen LogP contribution in [0.2, 0.25) is 0 Å². The number of rotatable bonds is 1. The van der Waals surface area contributed by atoms with Crippen LogP contribution < -0.4 is 5.73 Å². The normalized spacial score (nSPS) is 29.6. The van der Waals surface area contributed by atoms with E-state index in [9.17, 15) is 0 Å². The van der Waals surface area contributed by atoms with Crippen molar-refractivity contribution in [3.63, 3.8) is 0 Å². The van der Waals surface area contributed by atoms with Gasteiger partial charge in [0.15, 0.2) is 11.2 Å². The lowest BCUT2D eigenvalue weighted by atomic mass is 9.77. The molecule has 3 rings (SSSR count). The lowest BCUT2D eigenvalue weighted by Gasteiger charge is -2.33. The maximum Gasteiger partial charge on any atom is 0.217 e. The number of oxazole rings is 1. The van der Waals surface area contributed by atoms with E-state index in [1.807, 2.05) is 12.1 Å². The Labute approximate surface area is 100 Å². The molecule has 17 heavy (non-hydrogen) atoms. The third-order valence-corrected chi connectivity index (χ3v) is 3.62. The Morgan fingerprint density at radius 3 is 3.18 bits per heavy atom. The van der Waals surface area contributed by atoms with Gasteiger partial charge in [-0.2, -0.15) is 4.98 Å². The molecule has 2 aromatic heterocycles. The summed E-state index contributed by atoms with van der Waals surface area (Å²) in [4.78, 5) is 8.63. The summed E-state index contributed by atoms with van der Waals surface area (Å²) < 4.78 is 5.76. The second-order valence-corrected chi connectivity index (χ2v) is 5.20. The number of hydrogen-bond donors (Lipinski definition) is 1. The average molecular weight is 231 g/mol. The summed E-state index contributed by atoms with van der Waals surface area (Å²) in [6, 6.07) is 3.73. The molecule has 0 aliphatic heterocycles. The van der Waals surface area contributed by atoms with Gasteiger partial charge < -0.3 is 10.2 Å². The third-order valence-electron chi connectivity index (χ3n) is 3.62. The van der Waals surface area contributed by atoms with Crippen molar-refractivity contribution in [2.75, 3.05) is 0 Å². The molecular weight excluding hydrogens is 214 g/mol. The Kier molecular flexibility index (Phi) is 2.40. The van der Waals surface area contributed by atoms with E-state index < -0.39 is 5.54 Å². The molecule has 0 saturated heterocycles. The second-order valence-electron chi connectivity index (χ2n) is 5.20. The molecule has 4 heteroatoms. The first kappa shape index (κ1) is 10.7. The van der Waals surface area contributed by atoms with E-state index in [4.69, 9.17) is 10.2 Å². The van der Waals surface area contributed by atoms with Gasteiger partial charge in [-0.05, 0) is 30.9 Å². The quantitative estimate of drug-likeness (QED) is 0.819. The zero-order chi connectivity index (χ0) is 11.9. The molecule has 1 fully saturated rings. The molecule has 2 atom stereocenters. The summed E-state index contributed by atoms with van der Waals surface area (Å²) >= 11 is 0. The molecule has 0 spiro atoms. The molecule has 4 nitrogen and oxygen atoms in total. The van der Waals surface area contributed by atoms with Crippen molar-refractivity contribution in [2.24, 2.45) is 11.7 Å². The van der Waals surface area contributed by atoms with Crippen LogP contribution in [0.15, 0.2) is 22.7 Å². The van der Waals surface area contributed by atoms with E-state index in [2.05, 4.69) is 16.9 Å². The predicted molar refractivity (Wildman–Crippen MR) is 65.3 cm³/mol. The molecular formula is C13H17N3O. The van der Waals surface area contributed by atoms with Crippen molar-refractivity contribution in [1.29, 1.82) is 0 Å². The number of nitrogens with zero attached hydrogens (tertiary/aromatic N) is 2. The van der Waals surface area contributed by atoms with E-state index in [1.165, 1.54) is 6.42 Å². The van der Waals surface area contributed by atoms with Crippen LogP contribution in [0.4, 0.5) is 0 Å². The molecule has 1 aliphatic carbocycles. The Bertz CT molecular complexity index is 503. The second kappa shape index (κ2) is 3.81. The van der Waals surface area contributed by atoms with E-state index in [1.54, 1.807) is 6.20 Å². The van der Waals surface area contributed by atoms with Gasteiger partial charge in [-0.3, -0.25) is 0 Å². The van der Waals surface area contributed by atoms with Gasteiger partial charge in [0, 0.05) is 6.20 Å². The van der Waals surface area contributed by atoms with E-state index >= 15 is 0 Å². The molecule has 0 aromatic carbocycles. The Morgan fingerprint density at radius 2 is 2.41 bits per heavy atom. The largest absolute Gasteiger partial charge is 0.437 e. The van der Waals surface area contributed by atoms with Gasteiger partial charge in [0.2, 0.25) is 5.89 Å². The highest BCUT2D eigenvalue weighted by Crippen LogP contribution is 2.38. The van der Waals surface area contributed by atoms with Crippen LogP contribution in [0.1, 0.15) is 38.5 Å². The zero-order valence-corrected chi connectivity index (χ0v) is 10.0. The van der Waals surface area contributed by atoms with Gasteiger partial charge in [-0.25, -0.2) is 4.98 Å². The van der Waals surface area contributed by atoms with Gasteiger partial charge in [0.1, 0.15) is 0 Å². The number of aromatic nitrogens is 2. The monoisotopic (exact) mass is 231 g/mol. The maximum absolute atomic E-state index is 6.45. The molecule has 0 amide bonds. The van der Waals surface area contributed by atoms with Crippen LogP contribution >= 0.6 is 0 Å². The number of hydrogen-bond acceptors (Lipinski definition) is 4. The number of fused-ring (bicyclic) bond motifs is 1. The van der Waals surface area contributed by atoms with Crippen molar-refractivity contribution in [2.45, 2.75) is 38.1 Å². The summed E-state index contributed by atoms with van der Waals surface area (Å²) in [6.07, 6.45) is 6.01. The van der Waals surface area contributed by atoms with Crippen LogP contribution in [-0.2, 0) is 5.54 Å². The summed E-state index contributed by atoms with van der Waals surface area (Å²) in [7, 11) is 0.